The molecule has 1 aromatic rings. The molecular weight excluding hydrogens is 220 g/mol. The average Bonchev–Trinajstić information content (AvgIpc) is 2.05. The molecule has 1 amide bonds. The molecule has 1 aromatic carbocycles. The van der Waals surface area contributed by atoms with Crippen LogP contribution in [0.2, 0.25) is 0 Å². The first-order valence-electron chi connectivity index (χ1n) is 3.47. The van der Waals surface area contributed by atoms with Crippen molar-refractivity contribution < 1.29 is 4.79 Å². The Morgan fingerprint density at radius 1 is 1.42 bits per heavy atom. The first kappa shape index (κ1) is 9.22. The number of carbonyl (C=O) groups is 1. The largest absolute Gasteiger partial charge is 0.288 e. The van der Waals surface area contributed by atoms with Crippen molar-refractivity contribution in [1.82, 2.24) is 10.9 Å². The SMILES string of the molecule is CNNC(=O)c1ccccc1Br. The summed E-state index contributed by atoms with van der Waals surface area (Å²) in [7, 11) is 1.65. The lowest BCUT2D eigenvalue weighted by molar-refractivity contribution is 0.0937. The number of hydrazine groups is 1. The van der Waals surface area contributed by atoms with Gasteiger partial charge in [0.15, 0.2) is 0 Å². The van der Waals surface area contributed by atoms with Crippen LogP contribution in [0, 0.1) is 0 Å². The standard InChI is InChI=1S/C8H9BrN2O/c1-10-11-8(12)6-4-2-3-5-7(6)9/h2-5,10H,1H3,(H,11,12). The van der Waals surface area contributed by atoms with Gasteiger partial charge in [0.05, 0.1) is 5.56 Å². The maximum atomic E-state index is 11.3. The summed E-state index contributed by atoms with van der Waals surface area (Å²) < 4.78 is 0.790. The molecule has 4 heteroatoms. The summed E-state index contributed by atoms with van der Waals surface area (Å²) in [5, 5.41) is 0. The average molecular weight is 229 g/mol. The van der Waals surface area contributed by atoms with Crippen LogP contribution in [0.5, 0.6) is 0 Å². The minimum atomic E-state index is -0.148. The maximum Gasteiger partial charge on any atom is 0.266 e. The number of benzene rings is 1. The lowest BCUT2D eigenvalue weighted by Crippen LogP contribution is -2.34. The zero-order chi connectivity index (χ0) is 8.97. The van der Waals surface area contributed by atoms with Crippen molar-refractivity contribution >= 4 is 21.8 Å². The smallest absolute Gasteiger partial charge is 0.266 e. The highest BCUT2D eigenvalue weighted by Gasteiger charge is 2.06. The summed E-state index contributed by atoms with van der Waals surface area (Å²) in [6.07, 6.45) is 0. The molecule has 0 aromatic heterocycles. The fourth-order valence-corrected chi connectivity index (χ4v) is 1.29. The van der Waals surface area contributed by atoms with Gasteiger partial charge < -0.3 is 0 Å². The fraction of sp³-hybridized carbons (Fsp3) is 0.125. The van der Waals surface area contributed by atoms with Gasteiger partial charge in [0.2, 0.25) is 0 Å². The monoisotopic (exact) mass is 228 g/mol. The van der Waals surface area contributed by atoms with E-state index in [1.165, 1.54) is 0 Å². The van der Waals surface area contributed by atoms with E-state index >= 15 is 0 Å². The lowest BCUT2D eigenvalue weighted by Gasteiger charge is -2.03. The third-order valence-corrected chi connectivity index (χ3v) is 2.05. The first-order valence-corrected chi connectivity index (χ1v) is 4.26. The van der Waals surface area contributed by atoms with Crippen molar-refractivity contribution in [3.05, 3.63) is 34.3 Å². The summed E-state index contributed by atoms with van der Waals surface area (Å²) in [4.78, 5) is 11.3. The van der Waals surface area contributed by atoms with E-state index in [0.29, 0.717) is 5.56 Å². The maximum absolute atomic E-state index is 11.3. The van der Waals surface area contributed by atoms with E-state index in [4.69, 9.17) is 0 Å². The van der Waals surface area contributed by atoms with Gasteiger partial charge in [0.25, 0.3) is 5.91 Å². The van der Waals surface area contributed by atoms with Crippen molar-refractivity contribution in [3.63, 3.8) is 0 Å². The molecule has 0 aliphatic rings. The van der Waals surface area contributed by atoms with Gasteiger partial charge in [0.1, 0.15) is 0 Å². The quantitative estimate of drug-likeness (QED) is 0.750. The number of amides is 1. The number of rotatable bonds is 2. The van der Waals surface area contributed by atoms with Crippen LogP contribution in [0.3, 0.4) is 0 Å². The molecule has 2 N–H and O–H groups in total. The van der Waals surface area contributed by atoms with Gasteiger partial charge in [0, 0.05) is 11.5 Å². The Morgan fingerprint density at radius 3 is 2.67 bits per heavy atom. The van der Waals surface area contributed by atoms with Gasteiger partial charge in [-0.1, -0.05) is 12.1 Å². The molecule has 0 saturated carbocycles. The Kier molecular flexibility index (Phi) is 3.25. The van der Waals surface area contributed by atoms with E-state index < -0.39 is 0 Å². The molecule has 0 aliphatic carbocycles. The van der Waals surface area contributed by atoms with Crippen molar-refractivity contribution in [2.24, 2.45) is 0 Å². The molecule has 0 radical (unpaired) electrons. The predicted octanol–water partition coefficient (Wildman–Crippen LogP) is 1.31. The molecule has 64 valence electrons. The molecule has 12 heavy (non-hydrogen) atoms. The molecule has 3 nitrogen and oxygen atoms in total. The normalized spacial score (nSPS) is 9.50. The Morgan fingerprint density at radius 2 is 2.08 bits per heavy atom. The van der Waals surface area contributed by atoms with Gasteiger partial charge in [-0.2, -0.15) is 0 Å². The lowest BCUT2D eigenvalue weighted by atomic mass is 10.2. The highest BCUT2D eigenvalue weighted by atomic mass is 79.9. The molecule has 0 spiro atoms. The minimum Gasteiger partial charge on any atom is -0.288 e. The molecule has 0 saturated heterocycles. The molecular formula is C8H9BrN2O. The van der Waals surface area contributed by atoms with Gasteiger partial charge >= 0.3 is 0 Å². The van der Waals surface area contributed by atoms with Crippen LogP contribution in [0.15, 0.2) is 28.7 Å². The van der Waals surface area contributed by atoms with Crippen LogP contribution in [-0.4, -0.2) is 13.0 Å². The third-order valence-electron chi connectivity index (χ3n) is 1.36. The molecule has 0 heterocycles. The van der Waals surface area contributed by atoms with Crippen LogP contribution < -0.4 is 10.9 Å². The number of hydrogen-bond donors (Lipinski definition) is 2. The Bertz CT molecular complexity index is 288. The van der Waals surface area contributed by atoms with Crippen LogP contribution in [-0.2, 0) is 0 Å². The molecule has 0 aliphatic heterocycles. The van der Waals surface area contributed by atoms with Gasteiger partial charge in [-0.05, 0) is 28.1 Å². The van der Waals surface area contributed by atoms with Crippen molar-refractivity contribution in [3.8, 4) is 0 Å². The molecule has 1 rings (SSSR count). The number of nitrogens with one attached hydrogen (secondary N) is 2. The molecule has 0 atom stereocenters. The second kappa shape index (κ2) is 4.23. The number of halogens is 1. The number of carbonyl (C=O) groups excluding carboxylic acids is 1. The van der Waals surface area contributed by atoms with E-state index in [1.54, 1.807) is 13.1 Å². The third kappa shape index (κ3) is 2.06. The highest BCUT2D eigenvalue weighted by Crippen LogP contribution is 2.14. The van der Waals surface area contributed by atoms with Gasteiger partial charge in [-0.25, -0.2) is 5.43 Å². The molecule has 0 fully saturated rings. The van der Waals surface area contributed by atoms with Crippen LogP contribution >= 0.6 is 15.9 Å². The summed E-state index contributed by atoms with van der Waals surface area (Å²) in [6.45, 7) is 0. The number of hydrogen-bond acceptors (Lipinski definition) is 2. The second-order valence-electron chi connectivity index (χ2n) is 2.18. The first-order chi connectivity index (χ1) is 5.75. The van der Waals surface area contributed by atoms with Crippen molar-refractivity contribution in [2.45, 2.75) is 0 Å². The predicted molar refractivity (Wildman–Crippen MR) is 50.7 cm³/mol. The summed E-state index contributed by atoms with van der Waals surface area (Å²) in [5.41, 5.74) is 5.67. The second-order valence-corrected chi connectivity index (χ2v) is 3.04. The molecule has 0 bridgehead atoms. The zero-order valence-corrected chi connectivity index (χ0v) is 8.18. The van der Waals surface area contributed by atoms with Gasteiger partial charge in [-0.15, -0.1) is 0 Å². The van der Waals surface area contributed by atoms with Crippen molar-refractivity contribution in [1.29, 1.82) is 0 Å². The van der Waals surface area contributed by atoms with Crippen LogP contribution in [0.4, 0.5) is 0 Å². The van der Waals surface area contributed by atoms with Crippen LogP contribution in [0.1, 0.15) is 10.4 Å². The Balaban J connectivity index is 2.87. The molecule has 0 unspecified atom stereocenters. The zero-order valence-electron chi connectivity index (χ0n) is 6.60. The van der Waals surface area contributed by atoms with E-state index in [1.807, 2.05) is 18.2 Å². The van der Waals surface area contributed by atoms with E-state index in [-0.39, 0.29) is 5.91 Å². The minimum absolute atomic E-state index is 0.148. The van der Waals surface area contributed by atoms with Gasteiger partial charge in [-0.3, -0.25) is 10.2 Å². The highest BCUT2D eigenvalue weighted by molar-refractivity contribution is 9.10. The summed E-state index contributed by atoms with van der Waals surface area (Å²) in [6, 6.07) is 7.25. The Labute approximate surface area is 79.3 Å². The van der Waals surface area contributed by atoms with Crippen LogP contribution in [0.25, 0.3) is 0 Å². The topological polar surface area (TPSA) is 41.1 Å². The summed E-state index contributed by atoms with van der Waals surface area (Å²) in [5.74, 6) is -0.148. The van der Waals surface area contributed by atoms with Crippen molar-refractivity contribution in [2.75, 3.05) is 7.05 Å². The summed E-state index contributed by atoms with van der Waals surface area (Å²) >= 11 is 3.28. The Hall–Kier alpha value is -0.870. The fourth-order valence-electron chi connectivity index (χ4n) is 0.826. The van der Waals surface area contributed by atoms with E-state index in [2.05, 4.69) is 26.8 Å². The van der Waals surface area contributed by atoms with E-state index in [9.17, 15) is 4.79 Å². The van der Waals surface area contributed by atoms with E-state index in [0.717, 1.165) is 4.47 Å².